The molecule has 0 aliphatic heterocycles. The molecule has 2 aliphatic rings. The fourth-order valence-corrected chi connectivity index (χ4v) is 4.10. The maximum atomic E-state index is 12.5. The van der Waals surface area contributed by atoms with E-state index in [1.807, 2.05) is 24.3 Å². The number of hydrogen-bond donors (Lipinski definition) is 2. The molecule has 0 bridgehead atoms. The molecule has 6 nitrogen and oxygen atoms in total. The molecule has 1 aromatic heterocycles. The number of carboxylic acid groups (broad SMARTS) is 1. The van der Waals surface area contributed by atoms with Crippen LogP contribution in [0.3, 0.4) is 0 Å². The first kappa shape index (κ1) is 17.6. The van der Waals surface area contributed by atoms with Gasteiger partial charge in [-0.15, -0.1) is 0 Å². The Morgan fingerprint density at radius 2 is 1.62 bits per heavy atom. The average Bonchev–Trinajstić information content (AvgIpc) is 3.20. The monoisotopic (exact) mass is 389 g/mol. The highest BCUT2D eigenvalue weighted by Crippen LogP contribution is 2.47. The maximum absolute atomic E-state index is 12.5. The van der Waals surface area contributed by atoms with Crippen molar-refractivity contribution in [2.24, 2.45) is 0 Å². The van der Waals surface area contributed by atoms with Gasteiger partial charge in [0.25, 0.3) is 0 Å². The van der Waals surface area contributed by atoms with E-state index in [0.717, 1.165) is 11.1 Å². The number of ether oxygens (including phenoxy) is 1. The number of nitrogens with one attached hydrogen (secondary N) is 1. The summed E-state index contributed by atoms with van der Waals surface area (Å²) >= 11 is 0. The Hall–Kier alpha value is -3.54. The summed E-state index contributed by atoms with van der Waals surface area (Å²) < 4.78 is 11.0. The third kappa shape index (κ3) is 2.97. The summed E-state index contributed by atoms with van der Waals surface area (Å²) in [7, 11) is 0. The van der Waals surface area contributed by atoms with Crippen molar-refractivity contribution in [1.29, 1.82) is 0 Å². The van der Waals surface area contributed by atoms with Gasteiger partial charge in [0.2, 0.25) is 5.76 Å². The number of carbonyl (C=O) groups is 2. The van der Waals surface area contributed by atoms with E-state index in [9.17, 15) is 9.59 Å². The number of fused-ring (bicyclic) bond motifs is 3. The molecule has 0 unspecified atom stereocenters. The Labute approximate surface area is 167 Å². The lowest BCUT2D eigenvalue weighted by atomic mass is 9.98. The van der Waals surface area contributed by atoms with Crippen molar-refractivity contribution in [2.75, 3.05) is 6.61 Å². The normalized spacial score (nSPS) is 16.0. The number of aromatic carboxylic acids is 1. The molecule has 1 amide bonds. The molecule has 0 radical (unpaired) electrons. The summed E-state index contributed by atoms with van der Waals surface area (Å²) in [6.07, 6.45) is 0.839. The Balaban J connectivity index is 1.29. The van der Waals surface area contributed by atoms with Crippen molar-refractivity contribution in [2.45, 2.75) is 24.3 Å². The van der Waals surface area contributed by atoms with Crippen molar-refractivity contribution in [3.63, 3.8) is 0 Å². The van der Waals surface area contributed by atoms with Crippen LogP contribution in [0.15, 0.2) is 65.1 Å². The Kier molecular flexibility index (Phi) is 3.94. The second-order valence-corrected chi connectivity index (χ2v) is 7.50. The van der Waals surface area contributed by atoms with Crippen molar-refractivity contribution in [3.05, 3.63) is 83.3 Å². The third-order valence-corrected chi connectivity index (χ3v) is 5.72. The van der Waals surface area contributed by atoms with Crippen molar-refractivity contribution in [3.8, 4) is 11.1 Å². The van der Waals surface area contributed by atoms with Crippen molar-refractivity contribution in [1.82, 2.24) is 5.32 Å². The zero-order valence-electron chi connectivity index (χ0n) is 15.6. The molecular formula is C23H19NO5. The summed E-state index contributed by atoms with van der Waals surface area (Å²) in [6.45, 7) is 0.231. The van der Waals surface area contributed by atoms with Gasteiger partial charge in [-0.05, 0) is 47.2 Å². The number of furan rings is 1. The fourth-order valence-electron chi connectivity index (χ4n) is 4.10. The van der Waals surface area contributed by atoms with Gasteiger partial charge in [-0.1, -0.05) is 48.5 Å². The average molecular weight is 389 g/mol. The van der Waals surface area contributed by atoms with Crippen LogP contribution in [0.25, 0.3) is 11.1 Å². The highest BCUT2D eigenvalue weighted by molar-refractivity contribution is 5.84. The smallest absolute Gasteiger partial charge is 0.407 e. The summed E-state index contributed by atoms with van der Waals surface area (Å²) in [4.78, 5) is 23.5. The molecular weight excluding hydrogens is 370 g/mol. The minimum Gasteiger partial charge on any atom is -0.475 e. The molecule has 1 heterocycles. The first-order valence-corrected chi connectivity index (χ1v) is 9.54. The molecule has 0 atom stereocenters. The highest BCUT2D eigenvalue weighted by atomic mass is 16.5. The van der Waals surface area contributed by atoms with Crippen molar-refractivity contribution < 1.29 is 23.8 Å². The molecule has 5 rings (SSSR count). The first-order chi connectivity index (χ1) is 14.1. The van der Waals surface area contributed by atoms with Gasteiger partial charge in [-0.2, -0.15) is 0 Å². The van der Waals surface area contributed by atoms with Gasteiger partial charge in [0.05, 0.1) is 0 Å². The summed E-state index contributed by atoms with van der Waals surface area (Å²) in [5.41, 5.74) is 3.98. The predicted molar refractivity (Wildman–Crippen MR) is 105 cm³/mol. The van der Waals surface area contributed by atoms with Crippen LogP contribution < -0.4 is 5.32 Å². The minimum absolute atomic E-state index is 0.00877. The van der Waals surface area contributed by atoms with Crippen LogP contribution in [0.2, 0.25) is 0 Å². The van der Waals surface area contributed by atoms with E-state index >= 15 is 0 Å². The molecule has 0 spiro atoms. The van der Waals surface area contributed by atoms with Crippen LogP contribution >= 0.6 is 0 Å². The summed E-state index contributed by atoms with van der Waals surface area (Å²) in [5, 5.41) is 11.9. The zero-order chi connectivity index (χ0) is 20.0. The number of carbonyl (C=O) groups excluding carboxylic acids is 1. The van der Waals surface area contributed by atoms with E-state index in [-0.39, 0.29) is 18.3 Å². The maximum Gasteiger partial charge on any atom is 0.407 e. The molecule has 6 heteroatoms. The van der Waals surface area contributed by atoms with Crippen LogP contribution in [0, 0.1) is 0 Å². The van der Waals surface area contributed by atoms with Gasteiger partial charge in [-0.25, -0.2) is 9.59 Å². The van der Waals surface area contributed by atoms with Gasteiger partial charge >= 0.3 is 12.1 Å². The van der Waals surface area contributed by atoms with E-state index in [1.54, 1.807) is 6.07 Å². The Morgan fingerprint density at radius 1 is 1.00 bits per heavy atom. The molecule has 3 aromatic rings. The van der Waals surface area contributed by atoms with E-state index < -0.39 is 17.6 Å². The number of amides is 1. The van der Waals surface area contributed by atoms with E-state index in [0.29, 0.717) is 18.6 Å². The van der Waals surface area contributed by atoms with Gasteiger partial charge < -0.3 is 19.6 Å². The van der Waals surface area contributed by atoms with Crippen LogP contribution in [-0.2, 0) is 10.3 Å². The third-order valence-electron chi connectivity index (χ3n) is 5.72. The largest absolute Gasteiger partial charge is 0.475 e. The van der Waals surface area contributed by atoms with Crippen molar-refractivity contribution >= 4 is 12.1 Å². The lowest BCUT2D eigenvalue weighted by molar-refractivity contribution is 0.0659. The number of hydrogen-bond acceptors (Lipinski definition) is 4. The van der Waals surface area contributed by atoms with Crippen LogP contribution in [-0.4, -0.2) is 23.8 Å². The topological polar surface area (TPSA) is 88.8 Å². The molecule has 0 saturated heterocycles. The number of benzene rings is 2. The second kappa shape index (κ2) is 6.51. The molecule has 2 aromatic carbocycles. The van der Waals surface area contributed by atoms with Gasteiger partial charge in [0, 0.05) is 5.92 Å². The lowest BCUT2D eigenvalue weighted by Gasteiger charge is -2.18. The number of rotatable bonds is 5. The molecule has 146 valence electrons. The van der Waals surface area contributed by atoms with Crippen LogP contribution in [0.4, 0.5) is 4.79 Å². The van der Waals surface area contributed by atoms with E-state index in [1.165, 1.54) is 17.2 Å². The lowest BCUT2D eigenvalue weighted by Crippen LogP contribution is -2.35. The van der Waals surface area contributed by atoms with Gasteiger partial charge in [-0.3, -0.25) is 0 Å². The minimum atomic E-state index is -1.13. The predicted octanol–water partition coefficient (Wildman–Crippen LogP) is 4.51. The Bertz CT molecular complexity index is 1070. The molecule has 2 aliphatic carbocycles. The molecule has 2 N–H and O–H groups in total. The summed E-state index contributed by atoms with van der Waals surface area (Å²) in [5.74, 6) is -0.831. The van der Waals surface area contributed by atoms with Gasteiger partial charge in [0.15, 0.2) is 0 Å². The van der Waals surface area contributed by atoms with E-state index in [2.05, 4.69) is 29.6 Å². The van der Waals surface area contributed by atoms with E-state index in [4.69, 9.17) is 14.3 Å². The number of carboxylic acids is 1. The highest BCUT2D eigenvalue weighted by Gasteiger charge is 2.49. The van der Waals surface area contributed by atoms with Crippen LogP contribution in [0.1, 0.15) is 46.2 Å². The SMILES string of the molecule is O=C(NC1(c2ccc(C(=O)O)o2)CC1)OCC1c2ccccc2-c2ccccc21. The molecule has 1 saturated carbocycles. The molecule has 1 fully saturated rings. The Morgan fingerprint density at radius 3 is 2.17 bits per heavy atom. The number of alkyl carbamates (subject to hydrolysis) is 1. The standard InChI is InChI=1S/C23H19NO5/c25-21(26)19-9-10-20(29-19)23(11-12-23)24-22(27)28-13-18-16-7-3-1-5-14(16)15-6-2-4-8-17(15)18/h1-10,18H,11-13H2,(H,24,27)(H,25,26). The van der Waals surface area contributed by atoms with Crippen LogP contribution in [0.5, 0.6) is 0 Å². The summed E-state index contributed by atoms with van der Waals surface area (Å²) in [6, 6.07) is 19.3. The molecule has 29 heavy (non-hydrogen) atoms. The zero-order valence-corrected chi connectivity index (χ0v) is 15.6. The first-order valence-electron chi connectivity index (χ1n) is 9.54. The fraction of sp³-hybridized carbons (Fsp3) is 0.217. The second-order valence-electron chi connectivity index (χ2n) is 7.50. The quantitative estimate of drug-likeness (QED) is 0.670. The van der Waals surface area contributed by atoms with Gasteiger partial charge in [0.1, 0.15) is 17.9 Å².